The predicted molar refractivity (Wildman–Crippen MR) is 127 cm³/mol. The van der Waals surface area contributed by atoms with Crippen LogP contribution >= 0.6 is 0 Å². The van der Waals surface area contributed by atoms with Crippen LogP contribution in [0.5, 0.6) is 0 Å². The van der Waals surface area contributed by atoms with E-state index in [-0.39, 0.29) is 19.3 Å². The molecule has 4 aromatic rings. The fourth-order valence-electron chi connectivity index (χ4n) is 3.84. The number of aromatic nitrogens is 3. The van der Waals surface area contributed by atoms with E-state index in [1.54, 1.807) is 6.33 Å². The van der Waals surface area contributed by atoms with E-state index in [0.29, 0.717) is 19.6 Å². The second-order valence-corrected chi connectivity index (χ2v) is 7.86. The van der Waals surface area contributed by atoms with Crippen molar-refractivity contribution in [3.05, 3.63) is 78.1 Å². The van der Waals surface area contributed by atoms with Gasteiger partial charge in [0.2, 0.25) is 0 Å². The zero-order valence-electron chi connectivity index (χ0n) is 18.2. The largest absolute Gasteiger partial charge is 0.395 e. The number of nitrogens with one attached hydrogen (secondary N) is 2. The van der Waals surface area contributed by atoms with Crippen LogP contribution in [0.15, 0.2) is 67.0 Å². The van der Waals surface area contributed by atoms with Crippen LogP contribution in [0.1, 0.15) is 24.1 Å². The molecule has 32 heavy (non-hydrogen) atoms. The van der Waals surface area contributed by atoms with Gasteiger partial charge < -0.3 is 20.5 Å². The molecule has 2 aromatic heterocycles. The molecule has 0 saturated heterocycles. The molecule has 0 spiro atoms. The molecule has 0 aliphatic heterocycles. The van der Waals surface area contributed by atoms with Gasteiger partial charge in [0.25, 0.3) is 0 Å². The first kappa shape index (κ1) is 22.0. The van der Waals surface area contributed by atoms with E-state index < -0.39 is 0 Å². The minimum atomic E-state index is 0.0768. The number of hydrogen-bond donors (Lipinski definition) is 4. The molecule has 1 unspecified atom stereocenters. The summed E-state index contributed by atoms with van der Waals surface area (Å²) in [6.07, 6.45) is 1.57. The molecule has 0 bridgehead atoms. The van der Waals surface area contributed by atoms with Gasteiger partial charge in [0, 0.05) is 31.4 Å². The first-order valence-corrected chi connectivity index (χ1v) is 10.9. The Balaban J connectivity index is 1.53. The lowest BCUT2D eigenvalue weighted by Crippen LogP contribution is -2.29. The third kappa shape index (κ3) is 5.13. The van der Waals surface area contributed by atoms with Crippen molar-refractivity contribution in [3.8, 4) is 11.3 Å². The van der Waals surface area contributed by atoms with Crippen LogP contribution in [0.4, 0.5) is 5.82 Å². The van der Waals surface area contributed by atoms with Crippen molar-refractivity contribution < 1.29 is 10.2 Å². The standard InChI is InChI=1S/C25H29N5O2/c1-18(20-5-3-2-4-6-20)28-24-22-15-23(29-25(22)27-17-26-24)21-9-7-19(8-10-21)16-30(11-13-31)12-14-32/h2-10,15,17-18,31-32H,11-14,16H2,1H3,(H2,26,27,28,29). The molecule has 7 heteroatoms. The number of anilines is 1. The molecule has 2 heterocycles. The second-order valence-electron chi connectivity index (χ2n) is 7.86. The van der Waals surface area contributed by atoms with Crippen LogP contribution < -0.4 is 5.32 Å². The Kier molecular flexibility index (Phi) is 7.11. The van der Waals surface area contributed by atoms with Crippen LogP contribution in [-0.4, -0.2) is 56.4 Å². The smallest absolute Gasteiger partial charge is 0.143 e. The predicted octanol–water partition coefficient (Wildman–Crippen LogP) is 3.58. The summed E-state index contributed by atoms with van der Waals surface area (Å²) in [5, 5.41) is 22.9. The highest BCUT2D eigenvalue weighted by Gasteiger charge is 2.13. The van der Waals surface area contributed by atoms with Crippen molar-refractivity contribution in [1.82, 2.24) is 19.9 Å². The topological polar surface area (TPSA) is 97.3 Å². The Hall–Kier alpha value is -3.26. The van der Waals surface area contributed by atoms with Gasteiger partial charge in [-0.05, 0) is 29.7 Å². The molecule has 0 amide bonds. The second kappa shape index (κ2) is 10.4. The van der Waals surface area contributed by atoms with Gasteiger partial charge in [0.05, 0.1) is 18.6 Å². The molecule has 2 aromatic carbocycles. The summed E-state index contributed by atoms with van der Waals surface area (Å²) in [5.41, 5.74) is 5.15. The van der Waals surface area contributed by atoms with Crippen molar-refractivity contribution in [2.75, 3.05) is 31.6 Å². The molecule has 0 saturated carbocycles. The lowest BCUT2D eigenvalue weighted by Gasteiger charge is -2.20. The number of rotatable bonds is 10. The minimum absolute atomic E-state index is 0.0768. The van der Waals surface area contributed by atoms with E-state index in [9.17, 15) is 10.2 Å². The van der Waals surface area contributed by atoms with Gasteiger partial charge in [-0.15, -0.1) is 0 Å². The van der Waals surface area contributed by atoms with Crippen molar-refractivity contribution in [2.45, 2.75) is 19.5 Å². The molecule has 0 aliphatic carbocycles. The van der Waals surface area contributed by atoms with Gasteiger partial charge in [-0.25, -0.2) is 9.97 Å². The molecule has 0 radical (unpaired) electrons. The average Bonchev–Trinajstić information content (AvgIpc) is 3.26. The number of hydrogen-bond acceptors (Lipinski definition) is 6. The maximum atomic E-state index is 9.20. The van der Waals surface area contributed by atoms with E-state index in [1.807, 2.05) is 23.1 Å². The number of aliphatic hydroxyl groups excluding tert-OH is 2. The summed E-state index contributed by atoms with van der Waals surface area (Å²) >= 11 is 0. The van der Waals surface area contributed by atoms with Crippen LogP contribution in [0.25, 0.3) is 22.3 Å². The molecule has 1 atom stereocenters. The van der Waals surface area contributed by atoms with Gasteiger partial charge in [0.15, 0.2) is 0 Å². The quantitative estimate of drug-likeness (QED) is 0.306. The Labute approximate surface area is 187 Å². The number of nitrogens with zero attached hydrogens (tertiary/aromatic N) is 3. The Morgan fingerprint density at radius 1 is 0.969 bits per heavy atom. The zero-order valence-corrected chi connectivity index (χ0v) is 18.2. The summed E-state index contributed by atoms with van der Waals surface area (Å²) in [7, 11) is 0. The van der Waals surface area contributed by atoms with E-state index in [4.69, 9.17) is 0 Å². The van der Waals surface area contributed by atoms with Crippen LogP contribution in [0, 0.1) is 0 Å². The lowest BCUT2D eigenvalue weighted by atomic mass is 10.1. The monoisotopic (exact) mass is 431 g/mol. The zero-order chi connectivity index (χ0) is 22.3. The third-order valence-corrected chi connectivity index (χ3v) is 5.58. The summed E-state index contributed by atoms with van der Waals surface area (Å²) in [6, 6.07) is 20.8. The van der Waals surface area contributed by atoms with Crippen LogP contribution in [0.3, 0.4) is 0 Å². The van der Waals surface area contributed by atoms with Crippen LogP contribution in [-0.2, 0) is 6.54 Å². The van der Waals surface area contributed by atoms with E-state index in [1.165, 1.54) is 5.56 Å². The number of H-pyrrole nitrogens is 1. The highest BCUT2D eigenvalue weighted by Crippen LogP contribution is 2.29. The average molecular weight is 432 g/mol. The molecule has 0 fully saturated rings. The normalized spacial score (nSPS) is 12.4. The van der Waals surface area contributed by atoms with Gasteiger partial charge in [-0.3, -0.25) is 4.90 Å². The minimum Gasteiger partial charge on any atom is -0.395 e. The molecule has 4 N–H and O–H groups in total. The van der Waals surface area contributed by atoms with Crippen molar-refractivity contribution in [1.29, 1.82) is 0 Å². The number of fused-ring (bicyclic) bond motifs is 1. The van der Waals surface area contributed by atoms with Crippen molar-refractivity contribution >= 4 is 16.9 Å². The Morgan fingerprint density at radius 3 is 2.38 bits per heavy atom. The van der Waals surface area contributed by atoms with E-state index in [2.05, 4.69) is 69.7 Å². The Morgan fingerprint density at radius 2 is 1.69 bits per heavy atom. The maximum Gasteiger partial charge on any atom is 0.143 e. The number of aliphatic hydroxyl groups is 2. The highest BCUT2D eigenvalue weighted by atomic mass is 16.3. The molecular formula is C25H29N5O2. The number of aromatic amines is 1. The summed E-state index contributed by atoms with van der Waals surface area (Å²) in [4.78, 5) is 14.3. The molecular weight excluding hydrogens is 402 g/mol. The summed E-state index contributed by atoms with van der Waals surface area (Å²) in [6.45, 7) is 4.04. The Bertz CT molecular complexity index is 1120. The van der Waals surface area contributed by atoms with E-state index >= 15 is 0 Å². The van der Waals surface area contributed by atoms with Gasteiger partial charge in [0.1, 0.15) is 17.8 Å². The SMILES string of the molecule is CC(Nc1ncnc2[nH]c(-c3ccc(CN(CCO)CCO)cc3)cc12)c1ccccc1. The summed E-state index contributed by atoms with van der Waals surface area (Å²) < 4.78 is 0. The number of benzene rings is 2. The third-order valence-electron chi connectivity index (χ3n) is 5.58. The van der Waals surface area contributed by atoms with Gasteiger partial charge in [-0.1, -0.05) is 54.6 Å². The van der Waals surface area contributed by atoms with E-state index in [0.717, 1.165) is 33.7 Å². The molecule has 166 valence electrons. The van der Waals surface area contributed by atoms with Crippen LogP contribution in [0.2, 0.25) is 0 Å². The first-order chi connectivity index (χ1) is 15.7. The van der Waals surface area contributed by atoms with Gasteiger partial charge in [-0.2, -0.15) is 0 Å². The van der Waals surface area contributed by atoms with Crippen molar-refractivity contribution in [3.63, 3.8) is 0 Å². The highest BCUT2D eigenvalue weighted by molar-refractivity contribution is 5.91. The molecule has 7 nitrogen and oxygen atoms in total. The lowest BCUT2D eigenvalue weighted by molar-refractivity contribution is 0.156. The van der Waals surface area contributed by atoms with Gasteiger partial charge >= 0.3 is 0 Å². The first-order valence-electron chi connectivity index (χ1n) is 10.9. The fourth-order valence-corrected chi connectivity index (χ4v) is 3.84. The molecule has 0 aliphatic rings. The fraction of sp³-hybridized carbons (Fsp3) is 0.280. The molecule has 4 rings (SSSR count). The summed E-state index contributed by atoms with van der Waals surface area (Å²) in [5.74, 6) is 0.800. The maximum absolute atomic E-state index is 9.20. The van der Waals surface area contributed by atoms with Crippen molar-refractivity contribution in [2.24, 2.45) is 0 Å².